The van der Waals surface area contributed by atoms with Crippen LogP contribution >= 0.6 is 0 Å². The molecule has 0 saturated heterocycles. The van der Waals surface area contributed by atoms with Gasteiger partial charge in [-0.25, -0.2) is 0 Å². The highest BCUT2D eigenvalue weighted by molar-refractivity contribution is 5.95. The molecule has 0 unspecified atom stereocenters. The number of hydrogen-bond donors (Lipinski definition) is 7. The highest BCUT2D eigenvalue weighted by Gasteiger charge is 2.28. The Morgan fingerprint density at radius 3 is 1.67 bits per heavy atom. The first kappa shape index (κ1) is 30.3. The van der Waals surface area contributed by atoms with Gasteiger partial charge in [0.2, 0.25) is 23.6 Å². The Bertz CT molecular complexity index is 686. The van der Waals surface area contributed by atoms with Crippen LogP contribution in [0, 0.1) is 5.92 Å². The third-order valence-corrected chi connectivity index (χ3v) is 4.88. The summed E-state index contributed by atoms with van der Waals surface area (Å²) in [7, 11) is 0. The molecule has 0 aliphatic heterocycles. The average Bonchev–Trinajstić information content (AvgIpc) is 2.71. The minimum absolute atomic E-state index is 0.205. The zero-order valence-electron chi connectivity index (χ0n) is 20.1. The van der Waals surface area contributed by atoms with Crippen molar-refractivity contribution in [2.75, 3.05) is 6.54 Å². The van der Waals surface area contributed by atoms with E-state index in [4.69, 9.17) is 16.6 Å². The molecule has 0 radical (unpaired) electrons. The Hall–Kier alpha value is -2.73. The van der Waals surface area contributed by atoms with Crippen LogP contribution in [0.1, 0.15) is 60.3 Å². The third-order valence-electron chi connectivity index (χ3n) is 4.88. The number of carbonyl (C=O) groups is 5. The van der Waals surface area contributed by atoms with Crippen molar-refractivity contribution in [1.29, 1.82) is 0 Å². The molecule has 0 aromatic rings. The molecule has 0 heterocycles. The van der Waals surface area contributed by atoms with Crippen LogP contribution in [0.15, 0.2) is 0 Å². The number of unbranched alkanes of at least 4 members (excludes halogenated alkanes) is 1. The predicted molar refractivity (Wildman–Crippen MR) is 123 cm³/mol. The Morgan fingerprint density at radius 1 is 0.727 bits per heavy atom. The van der Waals surface area contributed by atoms with Crippen LogP contribution in [0.2, 0.25) is 0 Å². The molecule has 12 nitrogen and oxygen atoms in total. The van der Waals surface area contributed by atoms with Crippen molar-refractivity contribution < 1.29 is 29.1 Å². The van der Waals surface area contributed by atoms with Crippen molar-refractivity contribution >= 4 is 29.6 Å². The first-order valence-corrected chi connectivity index (χ1v) is 11.2. The number of hydrogen-bond acceptors (Lipinski definition) is 7. The van der Waals surface area contributed by atoms with Gasteiger partial charge in [0, 0.05) is 0 Å². The molecular formula is C21H40N6O6. The molecule has 4 amide bonds. The predicted octanol–water partition coefficient (Wildman–Crippen LogP) is -1.43. The van der Waals surface area contributed by atoms with E-state index < -0.39 is 59.8 Å². The summed E-state index contributed by atoms with van der Waals surface area (Å²) in [6.07, 6.45) is 2.04. The number of carboxylic acid groups (broad SMARTS) is 1. The molecule has 0 aromatic carbocycles. The lowest BCUT2D eigenvalue weighted by Gasteiger charge is -2.24. The first-order chi connectivity index (χ1) is 15.3. The first-order valence-electron chi connectivity index (χ1n) is 11.2. The second-order valence-corrected chi connectivity index (χ2v) is 8.61. The van der Waals surface area contributed by atoms with Gasteiger partial charge >= 0.3 is 5.97 Å². The van der Waals surface area contributed by atoms with Crippen LogP contribution in [-0.4, -0.2) is 71.5 Å². The van der Waals surface area contributed by atoms with Gasteiger partial charge in [0.25, 0.3) is 0 Å². The number of carboxylic acids is 1. The molecule has 0 aliphatic carbocycles. The summed E-state index contributed by atoms with van der Waals surface area (Å²) in [6.45, 7) is 8.42. The summed E-state index contributed by atoms with van der Waals surface area (Å²) < 4.78 is 0. The van der Waals surface area contributed by atoms with Crippen LogP contribution in [0.5, 0.6) is 0 Å². The van der Waals surface area contributed by atoms with Crippen molar-refractivity contribution in [3.8, 4) is 0 Å². The Labute approximate surface area is 195 Å². The fourth-order valence-electron chi connectivity index (χ4n) is 2.84. The van der Waals surface area contributed by atoms with Crippen molar-refractivity contribution in [2.45, 2.75) is 90.5 Å². The standard InChI is InChI=1S/C21H40N6O6/c1-11(2)10-15(23)19(30)27-16(8-6-7-9-22)20(31)25-13(4)17(28)24-12(3)18(29)26-14(5)21(32)33/h11-16H,6-10,22-23H2,1-5H3,(H,24,28)(H,25,31)(H,26,29)(H,27,30)(H,32,33)/t12-,13-,14-,15-,16-/m0/s1. The number of nitrogens with one attached hydrogen (secondary N) is 4. The van der Waals surface area contributed by atoms with Crippen LogP contribution in [0.4, 0.5) is 0 Å². The maximum Gasteiger partial charge on any atom is 0.325 e. The van der Waals surface area contributed by atoms with Crippen LogP contribution in [0.3, 0.4) is 0 Å². The molecule has 12 heteroatoms. The number of aliphatic carboxylic acids is 1. The Balaban J connectivity index is 4.99. The van der Waals surface area contributed by atoms with E-state index in [1.54, 1.807) is 0 Å². The van der Waals surface area contributed by atoms with E-state index in [0.29, 0.717) is 32.2 Å². The second-order valence-electron chi connectivity index (χ2n) is 8.61. The van der Waals surface area contributed by atoms with Crippen molar-refractivity contribution in [3.63, 3.8) is 0 Å². The van der Waals surface area contributed by atoms with Crippen LogP contribution in [-0.2, 0) is 24.0 Å². The molecule has 5 atom stereocenters. The van der Waals surface area contributed by atoms with Gasteiger partial charge in [0.1, 0.15) is 24.2 Å². The quantitative estimate of drug-likeness (QED) is 0.140. The summed E-state index contributed by atoms with van der Waals surface area (Å²) in [5.74, 6) is -3.33. The number of rotatable bonds is 15. The van der Waals surface area contributed by atoms with Crippen molar-refractivity contribution in [3.05, 3.63) is 0 Å². The summed E-state index contributed by atoms with van der Waals surface area (Å²) in [5, 5.41) is 18.7. The van der Waals surface area contributed by atoms with Gasteiger partial charge in [-0.05, 0) is 58.9 Å². The van der Waals surface area contributed by atoms with Crippen LogP contribution in [0.25, 0.3) is 0 Å². The minimum atomic E-state index is -1.21. The molecule has 0 saturated carbocycles. The van der Waals surface area contributed by atoms with E-state index in [9.17, 15) is 24.0 Å². The summed E-state index contributed by atoms with van der Waals surface area (Å²) in [4.78, 5) is 60.4. The monoisotopic (exact) mass is 472 g/mol. The average molecular weight is 473 g/mol. The van der Waals surface area contributed by atoms with Crippen molar-refractivity contribution in [1.82, 2.24) is 21.3 Å². The van der Waals surface area contributed by atoms with E-state index in [1.165, 1.54) is 20.8 Å². The largest absolute Gasteiger partial charge is 0.480 e. The maximum absolute atomic E-state index is 12.8. The van der Waals surface area contributed by atoms with E-state index in [2.05, 4.69) is 21.3 Å². The molecule has 0 bridgehead atoms. The third kappa shape index (κ3) is 12.2. The van der Waals surface area contributed by atoms with Gasteiger partial charge < -0.3 is 37.8 Å². The van der Waals surface area contributed by atoms with E-state index >= 15 is 0 Å². The molecule has 0 fully saturated rings. The highest BCUT2D eigenvalue weighted by atomic mass is 16.4. The van der Waals surface area contributed by atoms with Gasteiger partial charge in [-0.3, -0.25) is 24.0 Å². The molecule has 33 heavy (non-hydrogen) atoms. The van der Waals surface area contributed by atoms with Gasteiger partial charge in [-0.1, -0.05) is 13.8 Å². The number of carbonyl (C=O) groups excluding carboxylic acids is 4. The molecule has 0 aromatic heterocycles. The Morgan fingerprint density at radius 2 is 1.21 bits per heavy atom. The van der Waals surface area contributed by atoms with E-state index in [-0.39, 0.29) is 5.92 Å². The van der Waals surface area contributed by atoms with Crippen molar-refractivity contribution in [2.24, 2.45) is 17.4 Å². The SMILES string of the molecule is CC(C)C[C@H](N)C(=O)N[C@@H](CCCCN)C(=O)N[C@@H](C)C(=O)N[C@@H](C)C(=O)N[C@@H](C)C(=O)O. The smallest absolute Gasteiger partial charge is 0.325 e. The summed E-state index contributed by atoms with van der Waals surface area (Å²) >= 11 is 0. The summed E-state index contributed by atoms with van der Waals surface area (Å²) in [5.41, 5.74) is 11.4. The fourth-order valence-corrected chi connectivity index (χ4v) is 2.84. The number of nitrogens with two attached hydrogens (primary N) is 2. The van der Waals surface area contributed by atoms with Gasteiger partial charge in [0.05, 0.1) is 6.04 Å². The zero-order valence-corrected chi connectivity index (χ0v) is 20.1. The molecule has 0 spiro atoms. The van der Waals surface area contributed by atoms with Gasteiger partial charge in [-0.15, -0.1) is 0 Å². The molecule has 9 N–H and O–H groups in total. The van der Waals surface area contributed by atoms with Gasteiger partial charge in [-0.2, -0.15) is 0 Å². The maximum atomic E-state index is 12.8. The lowest BCUT2D eigenvalue weighted by Crippen LogP contribution is -2.57. The topological polar surface area (TPSA) is 206 Å². The number of amides is 4. The molecule has 0 rings (SSSR count). The lowest BCUT2D eigenvalue weighted by atomic mass is 10.0. The van der Waals surface area contributed by atoms with E-state index in [0.717, 1.165) is 0 Å². The fraction of sp³-hybridized carbons (Fsp3) is 0.762. The minimum Gasteiger partial charge on any atom is -0.480 e. The van der Waals surface area contributed by atoms with Crippen LogP contribution < -0.4 is 32.7 Å². The lowest BCUT2D eigenvalue weighted by molar-refractivity contribution is -0.141. The summed E-state index contributed by atoms with van der Waals surface area (Å²) in [6, 6.07) is -4.80. The zero-order chi connectivity index (χ0) is 25.7. The normalized spacial score (nSPS) is 15.5. The Kier molecular flexibility index (Phi) is 13.9. The molecular weight excluding hydrogens is 432 g/mol. The van der Waals surface area contributed by atoms with Gasteiger partial charge in [0.15, 0.2) is 0 Å². The molecule has 190 valence electrons. The van der Waals surface area contributed by atoms with E-state index in [1.807, 2.05) is 13.8 Å². The highest BCUT2D eigenvalue weighted by Crippen LogP contribution is 2.06. The second kappa shape index (κ2) is 15.2. The molecule has 0 aliphatic rings.